The summed E-state index contributed by atoms with van der Waals surface area (Å²) in [6.45, 7) is 11.9. The number of carbonyl (C=O) groups excluding carboxylic acids is 4. The fourth-order valence-electron chi connectivity index (χ4n) is 5.54. The van der Waals surface area contributed by atoms with E-state index < -0.39 is 35.8 Å². The molecule has 268 valence electrons. The molecule has 2 aromatic rings. The molecule has 3 rings (SSSR count). The Morgan fingerprint density at radius 3 is 2.37 bits per heavy atom. The van der Waals surface area contributed by atoms with Crippen molar-refractivity contribution in [2.24, 2.45) is 16.8 Å². The van der Waals surface area contributed by atoms with E-state index in [2.05, 4.69) is 29.6 Å². The highest BCUT2D eigenvalue weighted by Gasteiger charge is 2.39. The van der Waals surface area contributed by atoms with E-state index in [4.69, 9.17) is 20.0 Å². The van der Waals surface area contributed by atoms with Crippen molar-refractivity contribution in [2.75, 3.05) is 13.2 Å². The largest absolute Gasteiger partial charge is 0.535 e. The standard InChI is InChI=1S/C37H53N5O7/c1-7-9-13-26(8-2)24-47-36(46)49-41-32(38)29-18-16-27(17-19-29)23-39-33(43)25(3)40-34(44)31-22-30(28-14-11-10-12-15-28)20-21-42(31)35(45)48-37(4,5)6/h10-12,14-19,25-26,30-31H,7-9,13,20-24H2,1-6H3,(H2,38,41)(H,39,43)(H,40,44)/t25-,26?,30-,31+/m0/s1. The van der Waals surface area contributed by atoms with Gasteiger partial charge in [-0.15, -0.1) is 0 Å². The molecule has 0 bridgehead atoms. The third kappa shape index (κ3) is 12.7. The van der Waals surface area contributed by atoms with E-state index in [-0.39, 0.29) is 36.7 Å². The Hall–Kier alpha value is -4.61. The molecule has 1 aliphatic rings. The molecule has 3 amide bonds. The second-order valence-corrected chi connectivity index (χ2v) is 13.5. The van der Waals surface area contributed by atoms with Gasteiger partial charge < -0.3 is 25.8 Å². The molecule has 1 unspecified atom stereocenters. The maximum absolute atomic E-state index is 13.6. The first kappa shape index (κ1) is 38.8. The van der Waals surface area contributed by atoms with Gasteiger partial charge in [-0.1, -0.05) is 92.9 Å². The minimum atomic E-state index is -0.907. The van der Waals surface area contributed by atoms with Crippen LogP contribution in [0.2, 0.25) is 0 Å². The number of piperidine rings is 1. The SMILES string of the molecule is CCCCC(CC)COC(=O)O/N=C(\N)c1ccc(CNC(=O)[C@H](C)NC(=O)[C@H]2C[C@@H](c3ccccc3)CCN2C(=O)OC(C)(C)C)cc1. The number of likely N-dealkylation sites (tertiary alicyclic amines) is 1. The molecule has 1 aliphatic heterocycles. The molecule has 12 nitrogen and oxygen atoms in total. The minimum absolute atomic E-state index is 0.000429. The molecule has 0 radical (unpaired) electrons. The summed E-state index contributed by atoms with van der Waals surface area (Å²) in [5, 5.41) is 9.31. The van der Waals surface area contributed by atoms with Crippen LogP contribution in [0.3, 0.4) is 0 Å². The van der Waals surface area contributed by atoms with Crippen LogP contribution in [0.25, 0.3) is 0 Å². The van der Waals surface area contributed by atoms with E-state index in [1.165, 1.54) is 4.90 Å². The molecule has 4 atom stereocenters. The molecular formula is C37H53N5O7. The van der Waals surface area contributed by atoms with Gasteiger partial charge in [0, 0.05) is 18.7 Å². The molecule has 0 aromatic heterocycles. The quantitative estimate of drug-likeness (QED) is 0.0722. The predicted octanol–water partition coefficient (Wildman–Crippen LogP) is 5.98. The van der Waals surface area contributed by atoms with E-state index in [9.17, 15) is 19.2 Å². The molecule has 0 saturated carbocycles. The Kier molecular flexibility index (Phi) is 14.9. The van der Waals surface area contributed by atoms with Crippen LogP contribution in [-0.2, 0) is 30.4 Å². The molecule has 49 heavy (non-hydrogen) atoms. The Balaban J connectivity index is 1.53. The number of ether oxygens (including phenoxy) is 2. The third-order valence-corrected chi connectivity index (χ3v) is 8.47. The van der Waals surface area contributed by atoms with Gasteiger partial charge >= 0.3 is 12.2 Å². The van der Waals surface area contributed by atoms with Crippen LogP contribution in [-0.4, -0.2) is 65.6 Å². The number of hydrogen-bond acceptors (Lipinski definition) is 8. The molecule has 0 aliphatic carbocycles. The first-order valence-corrected chi connectivity index (χ1v) is 17.2. The highest BCUT2D eigenvalue weighted by Crippen LogP contribution is 2.32. The Morgan fingerprint density at radius 1 is 1.04 bits per heavy atom. The number of carbonyl (C=O) groups is 4. The second-order valence-electron chi connectivity index (χ2n) is 13.5. The topological polar surface area (TPSA) is 162 Å². The number of nitrogens with zero attached hydrogens (tertiary/aromatic N) is 2. The summed E-state index contributed by atoms with van der Waals surface area (Å²) in [4.78, 5) is 57.9. The minimum Gasteiger partial charge on any atom is -0.444 e. The van der Waals surface area contributed by atoms with Crippen molar-refractivity contribution in [2.45, 2.75) is 110 Å². The van der Waals surface area contributed by atoms with E-state index in [0.717, 1.165) is 36.8 Å². The van der Waals surface area contributed by atoms with Crippen LogP contribution in [0.5, 0.6) is 0 Å². The van der Waals surface area contributed by atoms with E-state index in [1.54, 1.807) is 52.0 Å². The van der Waals surface area contributed by atoms with Crippen molar-refractivity contribution in [3.8, 4) is 0 Å². The molecule has 1 saturated heterocycles. The Bertz CT molecular complexity index is 1410. The van der Waals surface area contributed by atoms with Gasteiger partial charge in [-0.2, -0.15) is 0 Å². The Morgan fingerprint density at radius 2 is 1.73 bits per heavy atom. The van der Waals surface area contributed by atoms with Gasteiger partial charge in [-0.25, -0.2) is 9.59 Å². The highest BCUT2D eigenvalue weighted by atomic mass is 16.8. The zero-order valence-electron chi connectivity index (χ0n) is 29.7. The molecule has 0 spiro atoms. The number of amides is 3. The van der Waals surface area contributed by atoms with E-state index >= 15 is 0 Å². The van der Waals surface area contributed by atoms with Crippen LogP contribution in [0.4, 0.5) is 9.59 Å². The van der Waals surface area contributed by atoms with Crippen LogP contribution in [0.15, 0.2) is 59.8 Å². The normalized spacial score (nSPS) is 17.8. The van der Waals surface area contributed by atoms with Gasteiger partial charge in [0.2, 0.25) is 11.8 Å². The number of hydrogen-bond donors (Lipinski definition) is 3. The molecule has 1 heterocycles. The summed E-state index contributed by atoms with van der Waals surface area (Å²) in [7, 11) is 0. The number of rotatable bonds is 14. The summed E-state index contributed by atoms with van der Waals surface area (Å²) >= 11 is 0. The molecule has 2 aromatic carbocycles. The number of amidine groups is 1. The van der Waals surface area contributed by atoms with Gasteiger partial charge in [0.05, 0.1) is 6.61 Å². The first-order chi connectivity index (χ1) is 23.3. The molecule has 1 fully saturated rings. The summed E-state index contributed by atoms with van der Waals surface area (Å²) in [6.07, 6.45) is 3.68. The number of oxime groups is 1. The number of nitrogens with one attached hydrogen (secondary N) is 2. The summed E-state index contributed by atoms with van der Waals surface area (Å²) in [5.74, 6) is -0.443. The van der Waals surface area contributed by atoms with Crippen LogP contribution in [0, 0.1) is 5.92 Å². The summed E-state index contributed by atoms with van der Waals surface area (Å²) in [6, 6.07) is 15.1. The first-order valence-electron chi connectivity index (χ1n) is 17.2. The lowest BCUT2D eigenvalue weighted by Crippen LogP contribution is -2.57. The van der Waals surface area contributed by atoms with E-state index in [1.807, 2.05) is 30.3 Å². The van der Waals surface area contributed by atoms with Gasteiger partial charge in [-0.3, -0.25) is 19.3 Å². The maximum atomic E-state index is 13.6. The molecular weight excluding hydrogens is 626 g/mol. The summed E-state index contributed by atoms with van der Waals surface area (Å²) < 4.78 is 10.8. The average Bonchev–Trinajstić information content (AvgIpc) is 3.09. The number of unbranched alkanes of at least 4 members (excludes halogenated alkanes) is 1. The van der Waals surface area contributed by atoms with Crippen LogP contribution >= 0.6 is 0 Å². The predicted molar refractivity (Wildman–Crippen MR) is 188 cm³/mol. The molecule has 4 N–H and O–H groups in total. The van der Waals surface area contributed by atoms with Crippen molar-refractivity contribution in [1.82, 2.24) is 15.5 Å². The smallest absolute Gasteiger partial charge is 0.444 e. The number of benzene rings is 2. The van der Waals surface area contributed by atoms with Crippen molar-refractivity contribution in [3.63, 3.8) is 0 Å². The monoisotopic (exact) mass is 679 g/mol. The van der Waals surface area contributed by atoms with Gasteiger partial charge in [0.1, 0.15) is 17.7 Å². The fourth-order valence-corrected chi connectivity index (χ4v) is 5.54. The second kappa shape index (κ2) is 18.8. The van der Waals surface area contributed by atoms with E-state index in [0.29, 0.717) is 24.9 Å². The highest BCUT2D eigenvalue weighted by molar-refractivity contribution is 5.97. The zero-order valence-corrected chi connectivity index (χ0v) is 29.7. The maximum Gasteiger partial charge on any atom is 0.535 e. The lowest BCUT2D eigenvalue weighted by atomic mass is 9.85. The third-order valence-electron chi connectivity index (χ3n) is 8.47. The average molecular weight is 680 g/mol. The van der Waals surface area contributed by atoms with Gasteiger partial charge in [0.25, 0.3) is 0 Å². The fraction of sp³-hybridized carbons (Fsp3) is 0.541. The van der Waals surface area contributed by atoms with Crippen molar-refractivity contribution >= 4 is 29.9 Å². The van der Waals surface area contributed by atoms with Gasteiger partial charge in [-0.05, 0) is 69.9 Å². The van der Waals surface area contributed by atoms with Gasteiger partial charge in [0.15, 0.2) is 5.84 Å². The van der Waals surface area contributed by atoms with Crippen LogP contribution in [0.1, 0.15) is 103 Å². The molecule has 12 heteroatoms. The van der Waals surface area contributed by atoms with Crippen molar-refractivity contribution < 1.29 is 33.5 Å². The van der Waals surface area contributed by atoms with Crippen LogP contribution < -0.4 is 16.4 Å². The van der Waals surface area contributed by atoms with Crippen molar-refractivity contribution in [1.29, 1.82) is 0 Å². The number of nitrogens with two attached hydrogens (primary N) is 1. The lowest BCUT2D eigenvalue weighted by molar-refractivity contribution is -0.132. The summed E-state index contributed by atoms with van der Waals surface area (Å²) in [5.41, 5.74) is 7.66. The Labute approximate surface area is 290 Å². The lowest BCUT2D eigenvalue weighted by Gasteiger charge is -2.39. The van der Waals surface area contributed by atoms with Crippen molar-refractivity contribution in [3.05, 3.63) is 71.3 Å². The zero-order chi connectivity index (χ0) is 36.0.